The van der Waals surface area contributed by atoms with Gasteiger partial charge in [0.25, 0.3) is 0 Å². The Morgan fingerprint density at radius 3 is 2.54 bits per heavy atom. The van der Waals surface area contributed by atoms with Gasteiger partial charge < -0.3 is 10.6 Å². The maximum absolute atomic E-state index is 12.5. The molecule has 0 bridgehead atoms. The fraction of sp³-hybridized carbons (Fsp3) is 0.300. The Labute approximate surface area is 142 Å². The summed E-state index contributed by atoms with van der Waals surface area (Å²) in [6.07, 6.45) is 2.17. The Kier molecular flexibility index (Phi) is 4.94. The lowest BCUT2D eigenvalue weighted by Gasteiger charge is -2.20. The van der Waals surface area contributed by atoms with Crippen LogP contribution in [-0.4, -0.2) is 11.8 Å². The number of benzene rings is 2. The molecule has 0 spiro atoms. The highest BCUT2D eigenvalue weighted by atomic mass is 16.2. The molecule has 2 amide bonds. The number of amides is 2. The fourth-order valence-corrected chi connectivity index (χ4v) is 3.33. The topological polar surface area (TPSA) is 58.2 Å². The summed E-state index contributed by atoms with van der Waals surface area (Å²) in [5, 5.41) is 5.99. The number of rotatable bonds is 5. The Balaban J connectivity index is 1.67. The standard InChI is InChI=1S/C20H22N2O2/c1-14(23)21-19(16-8-3-2-4-9-16)13-20(24)22-18-12-11-15-7-5-6-10-17(15)18/h2-10,18-19H,11-13H2,1H3,(H,21,23)(H,22,24). The van der Waals surface area contributed by atoms with E-state index in [1.807, 2.05) is 42.5 Å². The number of fused-ring (bicyclic) bond motifs is 1. The third-order valence-electron chi connectivity index (χ3n) is 4.44. The van der Waals surface area contributed by atoms with Crippen molar-refractivity contribution in [2.75, 3.05) is 0 Å². The van der Waals surface area contributed by atoms with Crippen molar-refractivity contribution in [2.45, 2.75) is 38.3 Å². The van der Waals surface area contributed by atoms with Crippen molar-refractivity contribution in [3.8, 4) is 0 Å². The molecule has 0 aromatic heterocycles. The van der Waals surface area contributed by atoms with Gasteiger partial charge in [-0.1, -0.05) is 54.6 Å². The minimum atomic E-state index is -0.305. The predicted molar refractivity (Wildman–Crippen MR) is 93.3 cm³/mol. The van der Waals surface area contributed by atoms with E-state index >= 15 is 0 Å². The van der Waals surface area contributed by atoms with Gasteiger partial charge in [0.2, 0.25) is 11.8 Å². The lowest BCUT2D eigenvalue weighted by atomic mass is 10.0. The quantitative estimate of drug-likeness (QED) is 0.889. The van der Waals surface area contributed by atoms with Crippen LogP contribution >= 0.6 is 0 Å². The van der Waals surface area contributed by atoms with E-state index in [-0.39, 0.29) is 30.3 Å². The summed E-state index contributed by atoms with van der Waals surface area (Å²) in [7, 11) is 0. The average molecular weight is 322 g/mol. The number of nitrogens with one attached hydrogen (secondary N) is 2. The maximum atomic E-state index is 12.5. The van der Waals surface area contributed by atoms with Gasteiger partial charge >= 0.3 is 0 Å². The Morgan fingerprint density at radius 1 is 1.08 bits per heavy atom. The van der Waals surface area contributed by atoms with Gasteiger partial charge in [0.1, 0.15) is 0 Å². The van der Waals surface area contributed by atoms with Crippen LogP contribution in [0.15, 0.2) is 54.6 Å². The lowest BCUT2D eigenvalue weighted by molar-refractivity contribution is -0.123. The van der Waals surface area contributed by atoms with E-state index in [0.717, 1.165) is 18.4 Å². The number of aryl methyl sites for hydroxylation is 1. The Hall–Kier alpha value is -2.62. The van der Waals surface area contributed by atoms with Gasteiger partial charge in [-0.3, -0.25) is 9.59 Å². The molecule has 0 saturated heterocycles. The molecule has 0 radical (unpaired) electrons. The van der Waals surface area contributed by atoms with Crippen LogP contribution in [0.25, 0.3) is 0 Å². The zero-order valence-electron chi connectivity index (χ0n) is 13.8. The molecule has 2 N–H and O–H groups in total. The smallest absolute Gasteiger partial charge is 0.222 e. The highest BCUT2D eigenvalue weighted by molar-refractivity contribution is 5.79. The van der Waals surface area contributed by atoms with Gasteiger partial charge in [-0.25, -0.2) is 0 Å². The minimum Gasteiger partial charge on any atom is -0.349 e. The molecule has 2 aromatic carbocycles. The van der Waals surface area contributed by atoms with E-state index in [9.17, 15) is 9.59 Å². The number of carbonyl (C=O) groups excluding carboxylic acids is 2. The highest BCUT2D eigenvalue weighted by Gasteiger charge is 2.25. The van der Waals surface area contributed by atoms with Crippen LogP contribution in [0.1, 0.15) is 48.5 Å². The van der Waals surface area contributed by atoms with Gasteiger partial charge in [-0.2, -0.15) is 0 Å². The number of hydrogen-bond donors (Lipinski definition) is 2. The minimum absolute atomic E-state index is 0.0423. The molecule has 0 aliphatic heterocycles. The second kappa shape index (κ2) is 7.30. The molecule has 2 unspecified atom stereocenters. The van der Waals surface area contributed by atoms with Crippen molar-refractivity contribution in [3.63, 3.8) is 0 Å². The van der Waals surface area contributed by atoms with E-state index in [2.05, 4.69) is 22.8 Å². The molecular weight excluding hydrogens is 300 g/mol. The molecule has 24 heavy (non-hydrogen) atoms. The second-order valence-electron chi connectivity index (χ2n) is 6.23. The summed E-state index contributed by atoms with van der Waals surface area (Å²) in [4.78, 5) is 24.0. The van der Waals surface area contributed by atoms with Crippen LogP contribution in [0.3, 0.4) is 0 Å². The van der Waals surface area contributed by atoms with Crippen molar-refractivity contribution in [1.29, 1.82) is 0 Å². The molecule has 3 rings (SSSR count). The van der Waals surface area contributed by atoms with Crippen molar-refractivity contribution in [2.24, 2.45) is 0 Å². The van der Waals surface area contributed by atoms with Crippen molar-refractivity contribution < 1.29 is 9.59 Å². The highest BCUT2D eigenvalue weighted by Crippen LogP contribution is 2.31. The zero-order valence-corrected chi connectivity index (χ0v) is 13.8. The summed E-state index contributed by atoms with van der Waals surface area (Å²) in [6.45, 7) is 1.47. The molecule has 4 nitrogen and oxygen atoms in total. The fourth-order valence-electron chi connectivity index (χ4n) is 3.33. The molecule has 2 aromatic rings. The third kappa shape index (κ3) is 3.82. The van der Waals surface area contributed by atoms with Gasteiger partial charge in [0.05, 0.1) is 18.5 Å². The number of carbonyl (C=O) groups is 2. The third-order valence-corrected chi connectivity index (χ3v) is 4.44. The first kappa shape index (κ1) is 16.2. The summed E-state index contributed by atoms with van der Waals surface area (Å²) in [5.74, 6) is -0.179. The van der Waals surface area contributed by atoms with Gasteiger partial charge in [-0.05, 0) is 29.5 Å². The van der Waals surface area contributed by atoms with Crippen LogP contribution in [0.2, 0.25) is 0 Å². The van der Waals surface area contributed by atoms with Gasteiger partial charge in [0, 0.05) is 6.92 Å². The van der Waals surface area contributed by atoms with E-state index in [0.29, 0.717) is 0 Å². The Morgan fingerprint density at radius 2 is 1.79 bits per heavy atom. The van der Waals surface area contributed by atoms with Gasteiger partial charge in [0.15, 0.2) is 0 Å². The van der Waals surface area contributed by atoms with Crippen molar-refractivity contribution in [1.82, 2.24) is 10.6 Å². The maximum Gasteiger partial charge on any atom is 0.222 e. The second-order valence-corrected chi connectivity index (χ2v) is 6.23. The average Bonchev–Trinajstić information content (AvgIpc) is 2.98. The first-order chi connectivity index (χ1) is 11.6. The van der Waals surface area contributed by atoms with E-state index in [1.165, 1.54) is 18.1 Å². The molecule has 0 heterocycles. The van der Waals surface area contributed by atoms with E-state index < -0.39 is 0 Å². The monoisotopic (exact) mass is 322 g/mol. The molecule has 0 saturated carbocycles. The molecule has 124 valence electrons. The van der Waals surface area contributed by atoms with Crippen LogP contribution in [-0.2, 0) is 16.0 Å². The summed E-state index contributed by atoms with van der Waals surface area (Å²) in [6, 6.07) is 17.6. The lowest BCUT2D eigenvalue weighted by Crippen LogP contribution is -2.34. The molecule has 4 heteroatoms. The predicted octanol–water partition coefficient (Wildman–Crippen LogP) is 3.06. The molecule has 0 fully saturated rings. The molecular formula is C20H22N2O2. The van der Waals surface area contributed by atoms with Crippen LogP contribution in [0.4, 0.5) is 0 Å². The first-order valence-electron chi connectivity index (χ1n) is 8.32. The van der Waals surface area contributed by atoms with Crippen LogP contribution < -0.4 is 10.6 Å². The Bertz CT molecular complexity index is 727. The van der Waals surface area contributed by atoms with Crippen molar-refractivity contribution >= 4 is 11.8 Å². The van der Waals surface area contributed by atoms with Crippen molar-refractivity contribution in [3.05, 3.63) is 71.3 Å². The van der Waals surface area contributed by atoms with E-state index in [1.54, 1.807) is 0 Å². The first-order valence-corrected chi connectivity index (χ1v) is 8.32. The van der Waals surface area contributed by atoms with Crippen LogP contribution in [0.5, 0.6) is 0 Å². The summed E-state index contributed by atoms with van der Waals surface area (Å²) < 4.78 is 0. The molecule has 1 aliphatic carbocycles. The molecule has 1 aliphatic rings. The normalized spacial score (nSPS) is 17.0. The van der Waals surface area contributed by atoms with Gasteiger partial charge in [-0.15, -0.1) is 0 Å². The zero-order chi connectivity index (χ0) is 16.9. The van der Waals surface area contributed by atoms with E-state index in [4.69, 9.17) is 0 Å². The molecule has 2 atom stereocenters. The SMILES string of the molecule is CC(=O)NC(CC(=O)NC1CCc2ccccc21)c1ccccc1. The summed E-state index contributed by atoms with van der Waals surface area (Å²) in [5.41, 5.74) is 3.46. The van der Waals surface area contributed by atoms with Crippen LogP contribution in [0, 0.1) is 0 Å². The largest absolute Gasteiger partial charge is 0.349 e. The summed E-state index contributed by atoms with van der Waals surface area (Å²) >= 11 is 0. The number of hydrogen-bond acceptors (Lipinski definition) is 2.